The van der Waals surface area contributed by atoms with Gasteiger partial charge < -0.3 is 19.4 Å². The number of hydrogen-bond donors (Lipinski definition) is 1. The highest BCUT2D eigenvalue weighted by molar-refractivity contribution is 6.33. The molecular weight excluding hydrogens is 332 g/mol. The molecule has 0 saturated carbocycles. The average Bonchev–Trinajstić information content (AvgIpc) is 3.15. The van der Waals surface area contributed by atoms with E-state index in [-0.39, 0.29) is 12.0 Å². The van der Waals surface area contributed by atoms with Crippen molar-refractivity contribution in [1.29, 1.82) is 5.26 Å². The molecular formula is C16H15ClN4O3. The molecule has 0 spiro atoms. The van der Waals surface area contributed by atoms with E-state index in [2.05, 4.69) is 10.3 Å². The molecule has 1 fully saturated rings. The number of nitriles is 1. The second-order valence-corrected chi connectivity index (χ2v) is 5.68. The molecule has 3 rings (SSSR count). The third-order valence-corrected chi connectivity index (χ3v) is 3.91. The lowest BCUT2D eigenvalue weighted by molar-refractivity contribution is -0.0160. The van der Waals surface area contributed by atoms with Crippen LogP contribution in [0.3, 0.4) is 0 Å². The number of furan rings is 1. The van der Waals surface area contributed by atoms with Crippen molar-refractivity contribution < 1.29 is 13.9 Å². The molecule has 1 aliphatic heterocycles. The van der Waals surface area contributed by atoms with Gasteiger partial charge in [0.1, 0.15) is 11.9 Å². The van der Waals surface area contributed by atoms with E-state index in [1.54, 1.807) is 23.1 Å². The van der Waals surface area contributed by atoms with E-state index in [9.17, 15) is 4.79 Å². The quantitative estimate of drug-likeness (QED) is 0.912. The summed E-state index contributed by atoms with van der Waals surface area (Å²) in [5, 5.41) is 12.3. The number of carbonyl (C=O) groups excluding carboxylic acids is 1. The van der Waals surface area contributed by atoms with Gasteiger partial charge >= 0.3 is 0 Å². The Bertz CT molecular complexity index is 757. The number of morpholine rings is 1. The number of anilines is 1. The van der Waals surface area contributed by atoms with Crippen LogP contribution >= 0.6 is 11.6 Å². The van der Waals surface area contributed by atoms with E-state index in [4.69, 9.17) is 26.0 Å². The minimum absolute atomic E-state index is 0.150. The Morgan fingerprint density at radius 2 is 2.46 bits per heavy atom. The minimum atomic E-state index is -0.189. The van der Waals surface area contributed by atoms with Crippen molar-refractivity contribution in [1.82, 2.24) is 9.88 Å². The average molecular weight is 347 g/mol. The highest BCUT2D eigenvalue weighted by Crippen LogP contribution is 2.20. The highest BCUT2D eigenvalue weighted by atomic mass is 35.5. The van der Waals surface area contributed by atoms with Crippen LogP contribution in [-0.2, 0) is 4.74 Å². The maximum Gasteiger partial charge on any atom is 0.289 e. The second kappa shape index (κ2) is 7.34. The number of carbonyl (C=O) groups is 1. The first-order chi connectivity index (χ1) is 11.7. The molecule has 1 unspecified atom stereocenters. The van der Waals surface area contributed by atoms with Crippen molar-refractivity contribution >= 4 is 23.3 Å². The van der Waals surface area contributed by atoms with Gasteiger partial charge in [-0.05, 0) is 18.2 Å². The summed E-state index contributed by atoms with van der Waals surface area (Å²) in [6, 6.07) is 6.86. The van der Waals surface area contributed by atoms with E-state index in [0.717, 1.165) is 0 Å². The normalized spacial score (nSPS) is 17.3. The lowest BCUT2D eigenvalue weighted by Gasteiger charge is -2.32. The van der Waals surface area contributed by atoms with Gasteiger partial charge in [-0.15, -0.1) is 0 Å². The summed E-state index contributed by atoms with van der Waals surface area (Å²) >= 11 is 6.08. The molecule has 2 aromatic rings. The Morgan fingerprint density at radius 1 is 1.58 bits per heavy atom. The first-order valence-corrected chi connectivity index (χ1v) is 7.79. The fourth-order valence-corrected chi connectivity index (χ4v) is 2.66. The molecule has 124 valence electrons. The number of hydrogen-bond acceptors (Lipinski definition) is 6. The molecule has 1 aliphatic rings. The van der Waals surface area contributed by atoms with Crippen LogP contribution in [0.4, 0.5) is 5.82 Å². The first-order valence-electron chi connectivity index (χ1n) is 7.41. The van der Waals surface area contributed by atoms with Crippen LogP contribution in [0.2, 0.25) is 5.02 Å². The van der Waals surface area contributed by atoms with Gasteiger partial charge in [0.25, 0.3) is 5.91 Å². The fraction of sp³-hybridized carbons (Fsp3) is 0.312. The van der Waals surface area contributed by atoms with Crippen molar-refractivity contribution in [3.05, 3.63) is 47.0 Å². The van der Waals surface area contributed by atoms with E-state index in [0.29, 0.717) is 48.4 Å². The highest BCUT2D eigenvalue weighted by Gasteiger charge is 2.26. The van der Waals surface area contributed by atoms with E-state index in [1.807, 2.05) is 6.07 Å². The monoisotopic (exact) mass is 346 g/mol. The molecule has 2 aromatic heterocycles. The van der Waals surface area contributed by atoms with Crippen LogP contribution in [0.15, 0.2) is 35.1 Å². The third-order valence-electron chi connectivity index (χ3n) is 3.63. The zero-order valence-electron chi connectivity index (χ0n) is 12.7. The van der Waals surface area contributed by atoms with Crippen molar-refractivity contribution in [3.63, 3.8) is 0 Å². The zero-order chi connectivity index (χ0) is 16.9. The van der Waals surface area contributed by atoms with Crippen molar-refractivity contribution in [2.24, 2.45) is 0 Å². The summed E-state index contributed by atoms with van der Waals surface area (Å²) in [7, 11) is 0. The van der Waals surface area contributed by atoms with Crippen molar-refractivity contribution in [2.45, 2.75) is 6.10 Å². The summed E-state index contributed by atoms with van der Waals surface area (Å²) in [6.07, 6.45) is 2.74. The lowest BCUT2D eigenvalue weighted by Crippen LogP contribution is -2.47. The van der Waals surface area contributed by atoms with Crippen LogP contribution in [0, 0.1) is 11.3 Å². The number of halogens is 1. The van der Waals surface area contributed by atoms with Gasteiger partial charge in [-0.25, -0.2) is 4.98 Å². The molecule has 0 aromatic carbocycles. The predicted molar refractivity (Wildman–Crippen MR) is 86.8 cm³/mol. The maximum atomic E-state index is 12.3. The zero-order valence-corrected chi connectivity index (χ0v) is 13.5. The van der Waals surface area contributed by atoms with E-state index < -0.39 is 0 Å². The number of aromatic nitrogens is 1. The Labute approximate surface area is 143 Å². The van der Waals surface area contributed by atoms with Crippen molar-refractivity contribution in [2.75, 3.05) is 31.6 Å². The third kappa shape index (κ3) is 3.67. The summed E-state index contributed by atoms with van der Waals surface area (Å²) in [6.45, 7) is 1.86. The van der Waals surface area contributed by atoms with Crippen LogP contribution in [0.1, 0.15) is 16.1 Å². The number of rotatable bonds is 4. The van der Waals surface area contributed by atoms with Crippen LogP contribution < -0.4 is 5.32 Å². The molecule has 0 bridgehead atoms. The van der Waals surface area contributed by atoms with E-state index in [1.165, 1.54) is 12.5 Å². The fourth-order valence-electron chi connectivity index (χ4n) is 2.42. The Kier molecular flexibility index (Phi) is 4.99. The maximum absolute atomic E-state index is 12.3. The van der Waals surface area contributed by atoms with Crippen LogP contribution in [-0.4, -0.2) is 48.1 Å². The van der Waals surface area contributed by atoms with Gasteiger partial charge in [0.15, 0.2) is 5.76 Å². The standard InChI is InChI=1S/C16H15ClN4O3/c17-13-6-11(7-18)8-19-15(13)20-9-12-10-21(3-5-23-12)16(22)14-2-1-4-24-14/h1-2,4,6,8,12H,3,5,9-10H2,(H,19,20). The molecule has 1 saturated heterocycles. The predicted octanol–water partition coefficient (Wildman–Crippen LogP) is 2.15. The number of nitrogens with zero attached hydrogens (tertiary/aromatic N) is 3. The van der Waals surface area contributed by atoms with Gasteiger partial charge in [0.05, 0.1) is 29.6 Å². The molecule has 7 nitrogen and oxygen atoms in total. The van der Waals surface area contributed by atoms with Gasteiger partial charge in [-0.1, -0.05) is 11.6 Å². The van der Waals surface area contributed by atoms with Gasteiger partial charge in [0, 0.05) is 25.8 Å². The minimum Gasteiger partial charge on any atom is -0.459 e. The Balaban J connectivity index is 1.58. The first kappa shape index (κ1) is 16.3. The summed E-state index contributed by atoms with van der Waals surface area (Å²) in [5.74, 6) is 0.650. The Morgan fingerprint density at radius 3 is 3.17 bits per heavy atom. The van der Waals surface area contributed by atoms with Crippen LogP contribution in [0.25, 0.3) is 0 Å². The topological polar surface area (TPSA) is 91.4 Å². The molecule has 24 heavy (non-hydrogen) atoms. The molecule has 8 heteroatoms. The number of nitrogens with one attached hydrogen (secondary N) is 1. The molecule has 3 heterocycles. The Hall–Kier alpha value is -2.56. The van der Waals surface area contributed by atoms with E-state index >= 15 is 0 Å². The molecule has 1 amide bonds. The van der Waals surface area contributed by atoms with Gasteiger partial charge in [0.2, 0.25) is 0 Å². The summed E-state index contributed by atoms with van der Waals surface area (Å²) in [5.41, 5.74) is 0.398. The molecule has 1 N–H and O–H groups in total. The molecule has 0 radical (unpaired) electrons. The largest absolute Gasteiger partial charge is 0.459 e. The number of amides is 1. The summed E-state index contributed by atoms with van der Waals surface area (Å²) in [4.78, 5) is 18.1. The number of pyridine rings is 1. The smallest absolute Gasteiger partial charge is 0.289 e. The van der Waals surface area contributed by atoms with Gasteiger partial charge in [-0.2, -0.15) is 5.26 Å². The SMILES string of the molecule is N#Cc1cnc(NCC2CN(C(=O)c3ccco3)CCO2)c(Cl)c1. The van der Waals surface area contributed by atoms with Gasteiger partial charge in [-0.3, -0.25) is 4.79 Å². The molecule has 0 aliphatic carbocycles. The van der Waals surface area contributed by atoms with Crippen LogP contribution in [0.5, 0.6) is 0 Å². The van der Waals surface area contributed by atoms with Crippen molar-refractivity contribution in [3.8, 4) is 6.07 Å². The lowest BCUT2D eigenvalue weighted by atomic mass is 10.2. The number of ether oxygens (including phenoxy) is 1. The second-order valence-electron chi connectivity index (χ2n) is 5.27. The molecule has 1 atom stereocenters. The summed E-state index contributed by atoms with van der Waals surface area (Å²) < 4.78 is 10.8.